The van der Waals surface area contributed by atoms with Crippen LogP contribution in [-0.4, -0.2) is 29.1 Å². The van der Waals surface area contributed by atoms with E-state index in [1.165, 1.54) is 16.4 Å². The Labute approximate surface area is 203 Å². The van der Waals surface area contributed by atoms with Gasteiger partial charge in [0.2, 0.25) is 0 Å². The van der Waals surface area contributed by atoms with E-state index in [0.717, 1.165) is 11.3 Å². The molecule has 0 unspecified atom stereocenters. The van der Waals surface area contributed by atoms with E-state index in [9.17, 15) is 13.2 Å². The first kappa shape index (κ1) is 22.4. The Morgan fingerprint density at radius 2 is 1.57 bits per heavy atom. The zero-order valence-corrected chi connectivity index (χ0v) is 19.7. The van der Waals surface area contributed by atoms with Crippen LogP contribution in [0.3, 0.4) is 0 Å². The van der Waals surface area contributed by atoms with Crippen molar-refractivity contribution in [2.24, 2.45) is 5.10 Å². The number of aromatic nitrogens is 2. The van der Waals surface area contributed by atoms with Crippen molar-refractivity contribution in [3.8, 4) is 5.69 Å². The summed E-state index contributed by atoms with van der Waals surface area (Å²) in [5, 5.41) is 4.83. The van der Waals surface area contributed by atoms with Crippen molar-refractivity contribution in [1.29, 1.82) is 0 Å². The second-order valence-corrected chi connectivity index (χ2v) is 9.84. The molecule has 0 aliphatic heterocycles. The fourth-order valence-corrected chi connectivity index (χ4v) is 5.29. The first-order valence-electron chi connectivity index (χ1n) is 10.9. The highest BCUT2D eigenvalue weighted by Gasteiger charge is 2.20. The number of carbonyl (C=O) groups excluding carboxylic acids is 1. The monoisotopic (exact) mass is 482 g/mol. The molecular weight excluding hydrogens is 460 g/mol. The van der Waals surface area contributed by atoms with E-state index in [1.54, 1.807) is 48.5 Å². The topological polar surface area (TPSA) is 85.5 Å². The van der Waals surface area contributed by atoms with Crippen LogP contribution in [0.4, 0.5) is 0 Å². The molecule has 0 aliphatic rings. The summed E-state index contributed by atoms with van der Waals surface area (Å²) in [7, 11) is -3.81. The third-order valence-electron chi connectivity index (χ3n) is 5.69. The second kappa shape index (κ2) is 9.08. The third-order valence-corrected chi connectivity index (χ3v) is 7.38. The van der Waals surface area contributed by atoms with E-state index in [4.69, 9.17) is 0 Å². The van der Waals surface area contributed by atoms with Crippen LogP contribution in [0.15, 0.2) is 114 Å². The van der Waals surface area contributed by atoms with E-state index >= 15 is 0 Å². The van der Waals surface area contributed by atoms with Crippen LogP contribution in [0.25, 0.3) is 16.6 Å². The van der Waals surface area contributed by atoms with E-state index in [-0.39, 0.29) is 10.8 Å². The van der Waals surface area contributed by atoms with Gasteiger partial charge in [-0.3, -0.25) is 4.79 Å². The van der Waals surface area contributed by atoms with Gasteiger partial charge in [-0.15, -0.1) is 0 Å². The van der Waals surface area contributed by atoms with Crippen LogP contribution in [0.1, 0.15) is 21.5 Å². The lowest BCUT2D eigenvalue weighted by Crippen LogP contribution is -2.19. The number of amides is 1. The molecule has 1 amide bonds. The molecular formula is C27H22N4O3S. The lowest BCUT2D eigenvalue weighted by atomic mass is 10.1. The van der Waals surface area contributed by atoms with Gasteiger partial charge < -0.3 is 4.57 Å². The van der Waals surface area contributed by atoms with Crippen LogP contribution in [-0.2, 0) is 10.0 Å². The highest BCUT2D eigenvalue weighted by Crippen LogP contribution is 2.25. The summed E-state index contributed by atoms with van der Waals surface area (Å²) in [5.74, 6) is -0.374. The molecule has 8 heteroatoms. The molecule has 0 radical (unpaired) electrons. The molecule has 0 bridgehead atoms. The van der Waals surface area contributed by atoms with Gasteiger partial charge in [-0.25, -0.2) is 17.8 Å². The number of aryl methyl sites for hydroxylation is 1. The molecule has 5 aromatic rings. The Bertz CT molecular complexity index is 1650. The standard InChI is InChI=1S/C27H22N4O3S/c1-20-12-14-22(15-13-20)35(33,34)31-19-21(23-8-2-5-11-26(23)31)18-28-29-27(32)24-9-3-4-10-25(24)30-16-6-7-17-30/h2-19H,1H3,(H,29,32)/b28-18+. The fraction of sp³-hybridized carbons (Fsp3) is 0.0370. The van der Waals surface area contributed by atoms with Crippen molar-refractivity contribution in [3.63, 3.8) is 0 Å². The number of hydrazone groups is 1. The minimum absolute atomic E-state index is 0.197. The average molecular weight is 483 g/mol. The Morgan fingerprint density at radius 3 is 2.34 bits per heavy atom. The quantitative estimate of drug-likeness (QED) is 0.280. The fourth-order valence-electron chi connectivity index (χ4n) is 3.91. The second-order valence-electron chi connectivity index (χ2n) is 8.02. The van der Waals surface area contributed by atoms with Crippen LogP contribution in [0.2, 0.25) is 0 Å². The number of nitrogens with one attached hydrogen (secondary N) is 1. The van der Waals surface area contributed by atoms with Gasteiger partial charge in [0, 0.05) is 29.5 Å². The molecule has 0 spiro atoms. The zero-order valence-electron chi connectivity index (χ0n) is 18.9. The molecule has 0 saturated carbocycles. The van der Waals surface area contributed by atoms with Gasteiger partial charge in [0.1, 0.15) is 0 Å². The molecule has 1 N–H and O–H groups in total. The first-order valence-corrected chi connectivity index (χ1v) is 12.4. The summed E-state index contributed by atoms with van der Waals surface area (Å²) in [6, 6.07) is 24.9. The molecule has 2 aromatic heterocycles. The largest absolute Gasteiger partial charge is 0.323 e. The Kier molecular flexibility index (Phi) is 5.80. The Balaban J connectivity index is 1.46. The predicted octanol–water partition coefficient (Wildman–Crippen LogP) is 4.74. The molecule has 35 heavy (non-hydrogen) atoms. The summed E-state index contributed by atoms with van der Waals surface area (Å²) in [6.45, 7) is 1.90. The molecule has 0 atom stereocenters. The number of hydrogen-bond acceptors (Lipinski definition) is 4. The van der Waals surface area contributed by atoms with Gasteiger partial charge in [0.25, 0.3) is 15.9 Å². The summed E-state index contributed by atoms with van der Waals surface area (Å²) in [6.07, 6.45) is 6.69. The Hall–Kier alpha value is -4.43. The minimum atomic E-state index is -3.81. The average Bonchev–Trinajstić information content (AvgIpc) is 3.53. The van der Waals surface area contributed by atoms with Crippen molar-refractivity contribution >= 4 is 33.0 Å². The molecule has 2 heterocycles. The van der Waals surface area contributed by atoms with Crippen molar-refractivity contribution in [1.82, 2.24) is 14.0 Å². The molecule has 7 nitrogen and oxygen atoms in total. The maximum absolute atomic E-state index is 13.3. The highest BCUT2D eigenvalue weighted by atomic mass is 32.2. The van der Waals surface area contributed by atoms with Gasteiger partial charge in [-0.1, -0.05) is 48.0 Å². The van der Waals surface area contributed by atoms with Gasteiger partial charge in [-0.05, 0) is 49.4 Å². The summed E-state index contributed by atoms with van der Waals surface area (Å²) >= 11 is 0. The minimum Gasteiger partial charge on any atom is -0.323 e. The summed E-state index contributed by atoms with van der Waals surface area (Å²) in [4.78, 5) is 13.0. The van der Waals surface area contributed by atoms with Crippen LogP contribution in [0.5, 0.6) is 0 Å². The van der Waals surface area contributed by atoms with Gasteiger partial charge in [-0.2, -0.15) is 5.10 Å². The number of hydrogen-bond donors (Lipinski definition) is 1. The molecule has 5 rings (SSSR count). The molecule has 3 aromatic carbocycles. The molecule has 0 aliphatic carbocycles. The van der Waals surface area contributed by atoms with Crippen LogP contribution < -0.4 is 5.43 Å². The summed E-state index contributed by atoms with van der Waals surface area (Å²) in [5.41, 5.74) is 5.82. The molecule has 0 saturated heterocycles. The predicted molar refractivity (Wildman–Crippen MR) is 137 cm³/mol. The maximum Gasteiger partial charge on any atom is 0.273 e. The molecule has 0 fully saturated rings. The summed E-state index contributed by atoms with van der Waals surface area (Å²) < 4.78 is 29.8. The number of carbonyl (C=O) groups is 1. The van der Waals surface area contributed by atoms with Gasteiger partial charge >= 0.3 is 0 Å². The van der Waals surface area contributed by atoms with Gasteiger partial charge in [0.15, 0.2) is 0 Å². The number of fused-ring (bicyclic) bond motifs is 1. The normalized spacial score (nSPS) is 11.8. The van der Waals surface area contributed by atoms with Crippen molar-refractivity contribution < 1.29 is 13.2 Å². The zero-order chi connectivity index (χ0) is 24.4. The highest BCUT2D eigenvalue weighted by molar-refractivity contribution is 7.90. The van der Waals surface area contributed by atoms with Crippen LogP contribution in [0, 0.1) is 6.92 Å². The third kappa shape index (κ3) is 4.27. The molecule has 174 valence electrons. The van der Waals surface area contributed by atoms with E-state index < -0.39 is 10.0 Å². The van der Waals surface area contributed by atoms with E-state index in [1.807, 2.05) is 60.3 Å². The Morgan fingerprint density at radius 1 is 0.886 bits per heavy atom. The SMILES string of the molecule is Cc1ccc(S(=O)(=O)n2cc(/C=N/NC(=O)c3ccccc3-n3cccc3)c3ccccc32)cc1. The smallest absolute Gasteiger partial charge is 0.273 e. The van der Waals surface area contributed by atoms with Gasteiger partial charge in [0.05, 0.1) is 27.9 Å². The first-order chi connectivity index (χ1) is 16.9. The van der Waals surface area contributed by atoms with Crippen molar-refractivity contribution in [3.05, 3.63) is 120 Å². The number of benzene rings is 3. The lowest BCUT2D eigenvalue weighted by molar-refractivity contribution is 0.0955. The van der Waals surface area contributed by atoms with E-state index in [0.29, 0.717) is 22.0 Å². The number of rotatable bonds is 6. The lowest BCUT2D eigenvalue weighted by Gasteiger charge is -2.08. The van der Waals surface area contributed by atoms with Crippen molar-refractivity contribution in [2.75, 3.05) is 0 Å². The number of para-hydroxylation sites is 2. The van der Waals surface area contributed by atoms with E-state index in [2.05, 4.69) is 10.5 Å². The van der Waals surface area contributed by atoms with Crippen LogP contribution >= 0.6 is 0 Å². The number of nitrogens with zero attached hydrogens (tertiary/aromatic N) is 3. The van der Waals surface area contributed by atoms with Crippen molar-refractivity contribution in [2.45, 2.75) is 11.8 Å². The maximum atomic E-state index is 13.3.